The molecular weight excluding hydrogens is 192 g/mol. The first-order valence-corrected chi connectivity index (χ1v) is 4.86. The molecule has 0 aromatic carbocycles. The fourth-order valence-electron chi connectivity index (χ4n) is 1.60. The van der Waals surface area contributed by atoms with Crippen molar-refractivity contribution in [2.24, 2.45) is 0 Å². The Morgan fingerprint density at radius 3 is 3.13 bits per heavy atom. The SMILES string of the molecule is O=C(O)Cn1cc(C2=CC=CCC2)cn1. The van der Waals surface area contributed by atoms with E-state index in [0.717, 1.165) is 18.4 Å². The third kappa shape index (κ3) is 2.34. The minimum atomic E-state index is -0.873. The van der Waals surface area contributed by atoms with Crippen LogP contribution in [0.1, 0.15) is 18.4 Å². The van der Waals surface area contributed by atoms with Crippen molar-refractivity contribution in [1.82, 2.24) is 9.78 Å². The minimum Gasteiger partial charge on any atom is -0.480 e. The highest BCUT2D eigenvalue weighted by Crippen LogP contribution is 2.22. The zero-order chi connectivity index (χ0) is 10.7. The molecule has 78 valence electrons. The summed E-state index contributed by atoms with van der Waals surface area (Å²) in [7, 11) is 0. The van der Waals surface area contributed by atoms with Gasteiger partial charge in [0.25, 0.3) is 0 Å². The fourth-order valence-corrected chi connectivity index (χ4v) is 1.60. The molecule has 1 heterocycles. The minimum absolute atomic E-state index is 0.0802. The van der Waals surface area contributed by atoms with E-state index in [1.54, 1.807) is 12.4 Å². The van der Waals surface area contributed by atoms with Crippen LogP contribution in [0.2, 0.25) is 0 Å². The largest absolute Gasteiger partial charge is 0.480 e. The van der Waals surface area contributed by atoms with E-state index in [2.05, 4.69) is 11.2 Å². The second-order valence-corrected chi connectivity index (χ2v) is 3.48. The molecular formula is C11H12N2O2. The van der Waals surface area contributed by atoms with Gasteiger partial charge in [-0.05, 0) is 18.4 Å². The molecule has 0 bridgehead atoms. The number of hydrogen-bond acceptors (Lipinski definition) is 2. The first-order chi connectivity index (χ1) is 7.25. The molecule has 4 nitrogen and oxygen atoms in total. The second-order valence-electron chi connectivity index (χ2n) is 3.48. The van der Waals surface area contributed by atoms with Crippen LogP contribution >= 0.6 is 0 Å². The van der Waals surface area contributed by atoms with Gasteiger partial charge in [0.15, 0.2) is 0 Å². The molecule has 0 amide bonds. The van der Waals surface area contributed by atoms with Crippen molar-refractivity contribution in [2.75, 3.05) is 0 Å². The Bertz CT molecular complexity index is 430. The molecule has 1 aliphatic carbocycles. The van der Waals surface area contributed by atoms with Crippen molar-refractivity contribution in [3.05, 3.63) is 36.2 Å². The average Bonchev–Trinajstić information content (AvgIpc) is 2.67. The average molecular weight is 204 g/mol. The standard InChI is InChI=1S/C11H12N2O2/c14-11(15)8-13-7-10(6-12-13)9-4-2-1-3-5-9/h1-2,4,6-7H,3,5,8H2,(H,14,15). The van der Waals surface area contributed by atoms with Gasteiger partial charge in [0, 0.05) is 11.8 Å². The number of hydrogen-bond donors (Lipinski definition) is 1. The van der Waals surface area contributed by atoms with Crippen LogP contribution < -0.4 is 0 Å². The molecule has 0 saturated carbocycles. The van der Waals surface area contributed by atoms with E-state index in [0.29, 0.717) is 0 Å². The van der Waals surface area contributed by atoms with E-state index < -0.39 is 5.97 Å². The first-order valence-electron chi connectivity index (χ1n) is 4.86. The Balaban J connectivity index is 2.16. The van der Waals surface area contributed by atoms with E-state index >= 15 is 0 Å². The lowest BCUT2D eigenvalue weighted by Gasteiger charge is -2.05. The summed E-state index contributed by atoms with van der Waals surface area (Å²) < 4.78 is 1.44. The van der Waals surface area contributed by atoms with Crippen LogP contribution in [0.15, 0.2) is 30.6 Å². The van der Waals surface area contributed by atoms with Crippen molar-refractivity contribution in [3.63, 3.8) is 0 Å². The maximum atomic E-state index is 10.5. The molecule has 1 aromatic heterocycles. The van der Waals surface area contributed by atoms with E-state index in [1.165, 1.54) is 10.3 Å². The Labute approximate surface area is 87.5 Å². The molecule has 0 radical (unpaired) electrons. The number of aliphatic carboxylic acids is 1. The quantitative estimate of drug-likeness (QED) is 0.815. The fraction of sp³-hybridized carbons (Fsp3) is 0.273. The van der Waals surface area contributed by atoms with Gasteiger partial charge in [0.2, 0.25) is 0 Å². The maximum absolute atomic E-state index is 10.5. The number of aromatic nitrogens is 2. The molecule has 0 saturated heterocycles. The number of carbonyl (C=O) groups is 1. The van der Waals surface area contributed by atoms with Gasteiger partial charge in [-0.3, -0.25) is 9.48 Å². The summed E-state index contributed by atoms with van der Waals surface area (Å²) in [4.78, 5) is 10.5. The normalized spacial score (nSPS) is 15.1. The first kappa shape index (κ1) is 9.71. The van der Waals surface area contributed by atoms with Crippen molar-refractivity contribution in [3.8, 4) is 0 Å². The third-order valence-electron chi connectivity index (χ3n) is 2.32. The number of carboxylic acids is 1. The summed E-state index contributed by atoms with van der Waals surface area (Å²) >= 11 is 0. The summed E-state index contributed by atoms with van der Waals surface area (Å²) in [5, 5.41) is 12.6. The van der Waals surface area contributed by atoms with Gasteiger partial charge in [-0.15, -0.1) is 0 Å². The van der Waals surface area contributed by atoms with E-state index in [9.17, 15) is 4.79 Å². The maximum Gasteiger partial charge on any atom is 0.325 e. The lowest BCUT2D eigenvalue weighted by Crippen LogP contribution is -2.08. The lowest BCUT2D eigenvalue weighted by molar-refractivity contribution is -0.137. The second kappa shape index (κ2) is 4.13. The van der Waals surface area contributed by atoms with Crippen LogP contribution in [0.4, 0.5) is 0 Å². The number of allylic oxidation sites excluding steroid dienone is 4. The Morgan fingerprint density at radius 1 is 1.60 bits per heavy atom. The van der Waals surface area contributed by atoms with Gasteiger partial charge in [-0.1, -0.05) is 18.2 Å². The van der Waals surface area contributed by atoms with Crippen LogP contribution in [-0.4, -0.2) is 20.9 Å². The summed E-state index contributed by atoms with van der Waals surface area (Å²) in [5.41, 5.74) is 2.23. The molecule has 1 aliphatic rings. The molecule has 15 heavy (non-hydrogen) atoms. The topological polar surface area (TPSA) is 55.1 Å². The molecule has 1 N–H and O–H groups in total. The van der Waals surface area contributed by atoms with Crippen LogP contribution in [0, 0.1) is 0 Å². The predicted octanol–water partition coefficient (Wildman–Crippen LogP) is 1.70. The molecule has 2 rings (SSSR count). The summed E-state index contributed by atoms with van der Waals surface area (Å²) in [5.74, 6) is -0.873. The van der Waals surface area contributed by atoms with E-state index in [4.69, 9.17) is 5.11 Å². The van der Waals surface area contributed by atoms with Crippen LogP contribution in [0.25, 0.3) is 5.57 Å². The Hall–Kier alpha value is -1.84. The van der Waals surface area contributed by atoms with Crippen molar-refractivity contribution in [1.29, 1.82) is 0 Å². The lowest BCUT2D eigenvalue weighted by atomic mass is 10.0. The van der Waals surface area contributed by atoms with E-state index in [-0.39, 0.29) is 6.54 Å². The number of carboxylic acid groups (broad SMARTS) is 1. The van der Waals surface area contributed by atoms with E-state index in [1.807, 2.05) is 12.2 Å². The zero-order valence-electron chi connectivity index (χ0n) is 8.26. The smallest absolute Gasteiger partial charge is 0.325 e. The summed E-state index contributed by atoms with van der Waals surface area (Å²) in [6.07, 6.45) is 11.7. The van der Waals surface area contributed by atoms with Crippen molar-refractivity contribution in [2.45, 2.75) is 19.4 Å². The monoisotopic (exact) mass is 204 g/mol. The highest BCUT2D eigenvalue weighted by molar-refractivity contribution is 5.68. The van der Waals surface area contributed by atoms with Crippen LogP contribution in [-0.2, 0) is 11.3 Å². The van der Waals surface area contributed by atoms with Gasteiger partial charge >= 0.3 is 5.97 Å². The van der Waals surface area contributed by atoms with Crippen LogP contribution in [0.5, 0.6) is 0 Å². The molecule has 0 spiro atoms. The zero-order valence-corrected chi connectivity index (χ0v) is 8.26. The van der Waals surface area contributed by atoms with Crippen LogP contribution in [0.3, 0.4) is 0 Å². The number of nitrogens with zero attached hydrogens (tertiary/aromatic N) is 2. The molecule has 4 heteroatoms. The predicted molar refractivity (Wildman–Crippen MR) is 56.2 cm³/mol. The highest BCUT2D eigenvalue weighted by Gasteiger charge is 2.07. The molecule has 0 fully saturated rings. The van der Waals surface area contributed by atoms with Gasteiger partial charge in [-0.25, -0.2) is 0 Å². The van der Waals surface area contributed by atoms with Gasteiger partial charge in [0.1, 0.15) is 6.54 Å². The summed E-state index contributed by atoms with van der Waals surface area (Å²) in [6.45, 7) is -0.0802. The molecule has 0 unspecified atom stereocenters. The van der Waals surface area contributed by atoms with Crippen molar-refractivity contribution < 1.29 is 9.90 Å². The molecule has 0 aliphatic heterocycles. The summed E-state index contributed by atoms with van der Waals surface area (Å²) in [6, 6.07) is 0. The van der Waals surface area contributed by atoms with Crippen molar-refractivity contribution >= 4 is 11.5 Å². The Kier molecular flexibility index (Phi) is 2.67. The number of rotatable bonds is 3. The van der Waals surface area contributed by atoms with Gasteiger partial charge < -0.3 is 5.11 Å². The molecule has 1 aromatic rings. The third-order valence-corrected chi connectivity index (χ3v) is 2.32. The van der Waals surface area contributed by atoms with Gasteiger partial charge in [0.05, 0.1) is 6.20 Å². The Morgan fingerprint density at radius 2 is 2.47 bits per heavy atom. The highest BCUT2D eigenvalue weighted by atomic mass is 16.4. The van der Waals surface area contributed by atoms with Gasteiger partial charge in [-0.2, -0.15) is 5.10 Å². The molecule has 0 atom stereocenters.